The summed E-state index contributed by atoms with van der Waals surface area (Å²) in [6.07, 6.45) is 3.43. The fourth-order valence-electron chi connectivity index (χ4n) is 2.42. The van der Waals surface area contributed by atoms with Gasteiger partial charge >= 0.3 is 0 Å². The second-order valence-electron chi connectivity index (χ2n) is 5.35. The lowest BCUT2D eigenvalue weighted by atomic mass is 10.2. The topological polar surface area (TPSA) is 69.9 Å². The maximum atomic E-state index is 5.27. The van der Waals surface area contributed by atoms with E-state index >= 15 is 0 Å². The summed E-state index contributed by atoms with van der Waals surface area (Å²) < 4.78 is 12.6. The predicted molar refractivity (Wildman–Crippen MR) is 81.1 cm³/mol. The predicted octanol–water partition coefficient (Wildman–Crippen LogP) is 3.93. The van der Waals surface area contributed by atoms with Crippen molar-refractivity contribution in [3.8, 4) is 23.0 Å². The van der Waals surface area contributed by atoms with Crippen LogP contribution in [0.25, 0.3) is 34.1 Å². The number of furan rings is 1. The zero-order valence-electron chi connectivity index (χ0n) is 12.2. The first-order valence-electron chi connectivity index (χ1n) is 7.07. The van der Waals surface area contributed by atoms with Crippen molar-refractivity contribution in [1.29, 1.82) is 0 Å². The van der Waals surface area contributed by atoms with E-state index in [9.17, 15) is 0 Å². The van der Waals surface area contributed by atoms with Gasteiger partial charge in [0.1, 0.15) is 0 Å². The Morgan fingerprint density at radius 2 is 2.09 bits per heavy atom. The van der Waals surface area contributed by atoms with Crippen molar-refractivity contribution < 1.29 is 8.94 Å². The lowest BCUT2D eigenvalue weighted by Crippen LogP contribution is -1.98. The zero-order chi connectivity index (χ0) is 15.1. The molecule has 0 N–H and O–H groups in total. The molecule has 0 unspecified atom stereocenters. The van der Waals surface area contributed by atoms with E-state index in [2.05, 4.69) is 33.5 Å². The molecule has 22 heavy (non-hydrogen) atoms. The van der Waals surface area contributed by atoms with Crippen molar-refractivity contribution in [1.82, 2.24) is 19.7 Å². The molecule has 0 fully saturated rings. The monoisotopic (exact) mass is 294 g/mol. The normalized spacial score (nSPS) is 11.6. The summed E-state index contributed by atoms with van der Waals surface area (Å²) in [7, 11) is 0. The average Bonchev–Trinajstić information content (AvgIpc) is 3.25. The number of imidazole rings is 1. The van der Waals surface area contributed by atoms with Gasteiger partial charge in [-0.3, -0.25) is 0 Å². The summed E-state index contributed by atoms with van der Waals surface area (Å²) in [5, 5.41) is 4.03. The van der Waals surface area contributed by atoms with E-state index in [4.69, 9.17) is 8.94 Å². The third kappa shape index (κ3) is 2.00. The summed E-state index contributed by atoms with van der Waals surface area (Å²) in [6.45, 7) is 4.24. The number of hydrogen-bond donors (Lipinski definition) is 0. The molecule has 4 rings (SSSR count). The van der Waals surface area contributed by atoms with Crippen molar-refractivity contribution in [3.63, 3.8) is 0 Å². The fourth-order valence-corrected chi connectivity index (χ4v) is 2.42. The van der Waals surface area contributed by atoms with Crippen LogP contribution in [0, 0.1) is 0 Å². The molecule has 0 spiro atoms. The third-order valence-corrected chi connectivity index (χ3v) is 3.55. The summed E-state index contributed by atoms with van der Waals surface area (Å²) in [6, 6.07) is 9.84. The molecule has 0 bridgehead atoms. The molecule has 1 aromatic carbocycles. The van der Waals surface area contributed by atoms with Gasteiger partial charge in [-0.25, -0.2) is 4.98 Å². The molecule has 0 aliphatic rings. The minimum Gasteiger partial charge on any atom is -0.459 e. The molecule has 0 amide bonds. The Labute approximate surface area is 126 Å². The van der Waals surface area contributed by atoms with Crippen molar-refractivity contribution >= 4 is 11.0 Å². The van der Waals surface area contributed by atoms with Gasteiger partial charge in [0, 0.05) is 11.6 Å². The van der Waals surface area contributed by atoms with Crippen LogP contribution in [0.4, 0.5) is 0 Å². The molecule has 4 aromatic rings. The lowest BCUT2D eigenvalue weighted by Gasteiger charge is -2.07. The summed E-state index contributed by atoms with van der Waals surface area (Å²) in [5.74, 6) is 1.47. The second kappa shape index (κ2) is 4.84. The minimum atomic E-state index is 0.337. The van der Waals surface area contributed by atoms with Crippen molar-refractivity contribution in [2.75, 3.05) is 0 Å². The summed E-state index contributed by atoms with van der Waals surface area (Å²) >= 11 is 0. The molecule has 6 heteroatoms. The van der Waals surface area contributed by atoms with Crippen LogP contribution in [-0.2, 0) is 0 Å². The number of hydrogen-bond acceptors (Lipinski definition) is 5. The van der Waals surface area contributed by atoms with Gasteiger partial charge in [0.2, 0.25) is 5.82 Å². The largest absolute Gasteiger partial charge is 0.459 e. The summed E-state index contributed by atoms with van der Waals surface area (Å²) in [5.41, 5.74) is 2.89. The number of benzene rings is 1. The average molecular weight is 294 g/mol. The van der Waals surface area contributed by atoms with Crippen LogP contribution in [-0.4, -0.2) is 19.7 Å². The molecule has 0 aliphatic carbocycles. The lowest BCUT2D eigenvalue weighted by molar-refractivity contribution is 0.417. The van der Waals surface area contributed by atoms with E-state index in [0.29, 0.717) is 23.5 Å². The maximum Gasteiger partial charge on any atom is 0.293 e. The number of nitrogens with zero attached hydrogens (tertiary/aromatic N) is 4. The Morgan fingerprint density at radius 1 is 1.18 bits per heavy atom. The quantitative estimate of drug-likeness (QED) is 0.572. The number of rotatable bonds is 3. The Hall–Kier alpha value is -2.89. The van der Waals surface area contributed by atoms with Gasteiger partial charge < -0.3 is 13.5 Å². The van der Waals surface area contributed by atoms with Gasteiger partial charge in [-0.05, 0) is 44.2 Å². The van der Waals surface area contributed by atoms with Crippen LogP contribution in [0.2, 0.25) is 0 Å². The molecule has 6 nitrogen and oxygen atoms in total. The highest BCUT2D eigenvalue weighted by Gasteiger charge is 2.14. The second-order valence-corrected chi connectivity index (χ2v) is 5.35. The number of fused-ring (bicyclic) bond motifs is 1. The standard InChI is InChI=1S/C16H14N4O2/c1-10(2)20-9-17-12-6-5-11(8-13(12)20)15-18-16(22-19-15)14-4-3-7-21-14/h3-10H,1-2H3. The first kappa shape index (κ1) is 12.8. The minimum absolute atomic E-state index is 0.337. The van der Waals surface area contributed by atoms with Gasteiger partial charge in [0.05, 0.1) is 23.6 Å². The Morgan fingerprint density at radius 3 is 2.86 bits per heavy atom. The van der Waals surface area contributed by atoms with Gasteiger partial charge in [0.25, 0.3) is 5.89 Å². The molecule has 3 heterocycles. The van der Waals surface area contributed by atoms with Crippen molar-refractivity contribution in [3.05, 3.63) is 42.9 Å². The molecule has 0 aliphatic heterocycles. The van der Waals surface area contributed by atoms with Crippen molar-refractivity contribution in [2.24, 2.45) is 0 Å². The van der Waals surface area contributed by atoms with Gasteiger partial charge in [-0.2, -0.15) is 4.98 Å². The van der Waals surface area contributed by atoms with E-state index in [1.54, 1.807) is 18.4 Å². The molecule has 0 saturated carbocycles. The van der Waals surface area contributed by atoms with Crippen LogP contribution in [0.3, 0.4) is 0 Å². The van der Waals surface area contributed by atoms with Crippen LogP contribution < -0.4 is 0 Å². The van der Waals surface area contributed by atoms with Crippen molar-refractivity contribution in [2.45, 2.75) is 19.9 Å². The highest BCUT2D eigenvalue weighted by atomic mass is 16.5. The molecule has 3 aromatic heterocycles. The molecule has 0 saturated heterocycles. The van der Waals surface area contributed by atoms with E-state index in [1.807, 2.05) is 24.5 Å². The van der Waals surface area contributed by atoms with Gasteiger partial charge in [-0.15, -0.1) is 0 Å². The third-order valence-electron chi connectivity index (χ3n) is 3.55. The molecular formula is C16H14N4O2. The van der Waals surface area contributed by atoms with E-state index < -0.39 is 0 Å². The highest BCUT2D eigenvalue weighted by molar-refractivity contribution is 5.81. The fraction of sp³-hybridized carbons (Fsp3) is 0.188. The first-order valence-corrected chi connectivity index (χ1v) is 7.07. The smallest absolute Gasteiger partial charge is 0.293 e. The SMILES string of the molecule is CC(C)n1cnc2ccc(-c3noc(-c4ccco4)n3)cc21. The number of aromatic nitrogens is 4. The van der Waals surface area contributed by atoms with Crippen LogP contribution in [0.5, 0.6) is 0 Å². The van der Waals surface area contributed by atoms with E-state index in [0.717, 1.165) is 16.6 Å². The van der Waals surface area contributed by atoms with Crippen LogP contribution in [0.15, 0.2) is 51.9 Å². The first-order chi connectivity index (χ1) is 10.7. The van der Waals surface area contributed by atoms with Gasteiger partial charge in [-0.1, -0.05) is 5.16 Å². The molecule has 0 atom stereocenters. The molecule has 110 valence electrons. The zero-order valence-corrected chi connectivity index (χ0v) is 12.2. The summed E-state index contributed by atoms with van der Waals surface area (Å²) in [4.78, 5) is 8.79. The van der Waals surface area contributed by atoms with Gasteiger partial charge in [0.15, 0.2) is 5.76 Å². The van der Waals surface area contributed by atoms with E-state index in [-0.39, 0.29) is 0 Å². The Bertz CT molecular complexity index is 919. The Balaban J connectivity index is 1.79. The van der Waals surface area contributed by atoms with E-state index in [1.165, 1.54) is 0 Å². The maximum absolute atomic E-state index is 5.27. The molecular weight excluding hydrogens is 280 g/mol. The highest BCUT2D eigenvalue weighted by Crippen LogP contribution is 2.26. The van der Waals surface area contributed by atoms with Crippen LogP contribution in [0.1, 0.15) is 19.9 Å². The molecule has 0 radical (unpaired) electrons. The van der Waals surface area contributed by atoms with Crippen LogP contribution >= 0.6 is 0 Å². The Kier molecular flexibility index (Phi) is 2.82.